The van der Waals surface area contributed by atoms with Crippen LogP contribution in [0.2, 0.25) is 0 Å². The summed E-state index contributed by atoms with van der Waals surface area (Å²) in [5.74, 6) is -2.16. The molecule has 1 N–H and O–H groups in total. The van der Waals surface area contributed by atoms with Crippen LogP contribution in [-0.4, -0.2) is 66.1 Å². The van der Waals surface area contributed by atoms with E-state index >= 15 is 0 Å². The highest BCUT2D eigenvalue weighted by atomic mass is 19.4. The summed E-state index contributed by atoms with van der Waals surface area (Å²) in [4.78, 5) is 26.8. The molecule has 1 saturated carbocycles. The average Bonchev–Trinajstić information content (AvgIpc) is 3.39. The van der Waals surface area contributed by atoms with E-state index in [1.165, 1.54) is 12.8 Å². The molecule has 0 aromatic carbocycles. The minimum absolute atomic E-state index is 0.00342. The van der Waals surface area contributed by atoms with Crippen LogP contribution in [0, 0.1) is 5.92 Å². The van der Waals surface area contributed by atoms with Crippen molar-refractivity contribution >= 4 is 11.8 Å². The number of rotatable bonds is 3. The number of carbonyl (C=O) groups excluding carboxylic acids is 2. The van der Waals surface area contributed by atoms with Gasteiger partial charge in [-0.05, 0) is 38.5 Å². The molecule has 0 bridgehead atoms. The zero-order valence-corrected chi connectivity index (χ0v) is 13.6. The lowest BCUT2D eigenvalue weighted by Gasteiger charge is -2.35. The number of amides is 2. The molecule has 3 fully saturated rings. The van der Waals surface area contributed by atoms with Crippen LogP contribution in [-0.2, 0) is 9.59 Å². The number of likely N-dealkylation sites (tertiary alicyclic amines) is 2. The monoisotopic (exact) mass is 347 g/mol. The molecule has 3 aliphatic rings. The third-order valence-corrected chi connectivity index (χ3v) is 5.33. The number of hydrogen-bond donors (Lipinski definition) is 1. The Balaban J connectivity index is 1.40. The molecule has 8 heteroatoms. The van der Waals surface area contributed by atoms with Gasteiger partial charge in [-0.15, -0.1) is 0 Å². The molecular formula is C16H24F3N3O2. The minimum Gasteiger partial charge on any atom is -0.353 e. The van der Waals surface area contributed by atoms with Crippen molar-refractivity contribution in [2.75, 3.05) is 26.2 Å². The first-order chi connectivity index (χ1) is 11.3. The van der Waals surface area contributed by atoms with Crippen molar-refractivity contribution in [3.63, 3.8) is 0 Å². The zero-order valence-electron chi connectivity index (χ0n) is 13.6. The van der Waals surface area contributed by atoms with E-state index in [1.807, 2.05) is 0 Å². The Hall–Kier alpha value is -1.31. The van der Waals surface area contributed by atoms with E-state index in [0.717, 1.165) is 36.9 Å². The Kier molecular flexibility index (Phi) is 5.03. The second kappa shape index (κ2) is 6.90. The molecule has 136 valence electrons. The molecule has 5 nitrogen and oxygen atoms in total. The summed E-state index contributed by atoms with van der Waals surface area (Å²) in [7, 11) is 0. The van der Waals surface area contributed by atoms with Gasteiger partial charge in [0.25, 0.3) is 0 Å². The molecule has 0 aromatic rings. The predicted molar refractivity (Wildman–Crippen MR) is 81.1 cm³/mol. The van der Waals surface area contributed by atoms with Crippen LogP contribution in [0.1, 0.15) is 38.5 Å². The van der Waals surface area contributed by atoms with E-state index in [-0.39, 0.29) is 31.0 Å². The number of piperidine rings is 2. The molecule has 2 amide bonds. The van der Waals surface area contributed by atoms with Gasteiger partial charge in [0.15, 0.2) is 0 Å². The third kappa shape index (κ3) is 4.20. The van der Waals surface area contributed by atoms with Gasteiger partial charge in [0.05, 0.1) is 0 Å². The topological polar surface area (TPSA) is 52.7 Å². The number of nitrogens with one attached hydrogen (secondary N) is 1. The second-order valence-electron chi connectivity index (χ2n) is 7.11. The van der Waals surface area contributed by atoms with Crippen molar-refractivity contribution in [2.24, 2.45) is 5.92 Å². The van der Waals surface area contributed by atoms with Crippen molar-refractivity contribution in [3.8, 4) is 0 Å². The molecule has 1 aliphatic carbocycles. The Bertz CT molecular complexity index is 477. The van der Waals surface area contributed by atoms with Gasteiger partial charge in [-0.25, -0.2) is 0 Å². The van der Waals surface area contributed by atoms with Crippen LogP contribution >= 0.6 is 0 Å². The van der Waals surface area contributed by atoms with Crippen molar-refractivity contribution in [2.45, 2.75) is 56.8 Å². The molecule has 0 radical (unpaired) electrons. The number of halogens is 3. The molecule has 3 rings (SSSR count). The highest BCUT2D eigenvalue weighted by Crippen LogP contribution is 2.29. The van der Waals surface area contributed by atoms with Crippen LogP contribution < -0.4 is 5.32 Å². The van der Waals surface area contributed by atoms with Gasteiger partial charge in [-0.1, -0.05) is 0 Å². The maximum absolute atomic E-state index is 12.4. The Labute approximate surface area is 139 Å². The van der Waals surface area contributed by atoms with Crippen molar-refractivity contribution in [3.05, 3.63) is 0 Å². The number of alkyl halides is 3. The first kappa shape index (κ1) is 17.5. The zero-order chi connectivity index (χ0) is 17.3. The van der Waals surface area contributed by atoms with E-state index in [4.69, 9.17) is 0 Å². The molecular weight excluding hydrogens is 323 g/mol. The fourth-order valence-electron chi connectivity index (χ4n) is 3.69. The average molecular weight is 347 g/mol. The van der Waals surface area contributed by atoms with Gasteiger partial charge < -0.3 is 15.1 Å². The summed E-state index contributed by atoms with van der Waals surface area (Å²) in [5.41, 5.74) is 0. The molecule has 0 aromatic heterocycles. The largest absolute Gasteiger partial charge is 0.471 e. The molecule has 2 saturated heterocycles. The van der Waals surface area contributed by atoms with Crippen LogP contribution in [0.3, 0.4) is 0 Å². The first-order valence-corrected chi connectivity index (χ1v) is 8.75. The smallest absolute Gasteiger partial charge is 0.353 e. The second-order valence-corrected chi connectivity index (χ2v) is 7.11. The lowest BCUT2D eigenvalue weighted by molar-refractivity contribution is -0.186. The lowest BCUT2D eigenvalue weighted by atomic mass is 9.94. The third-order valence-electron chi connectivity index (χ3n) is 5.33. The van der Waals surface area contributed by atoms with Gasteiger partial charge in [-0.3, -0.25) is 9.59 Å². The Morgan fingerprint density at radius 3 is 1.96 bits per heavy atom. The van der Waals surface area contributed by atoms with Gasteiger partial charge >= 0.3 is 12.1 Å². The SMILES string of the molecule is O=C(NC1CCN(C2CC2)CC1)C1CCN(C(=O)C(F)(F)F)CC1. The van der Waals surface area contributed by atoms with E-state index in [1.54, 1.807) is 0 Å². The van der Waals surface area contributed by atoms with Gasteiger partial charge in [0, 0.05) is 44.2 Å². The van der Waals surface area contributed by atoms with Crippen LogP contribution in [0.5, 0.6) is 0 Å². The highest BCUT2D eigenvalue weighted by molar-refractivity contribution is 5.83. The van der Waals surface area contributed by atoms with E-state index in [0.29, 0.717) is 12.8 Å². The first-order valence-electron chi connectivity index (χ1n) is 8.75. The Morgan fingerprint density at radius 2 is 1.46 bits per heavy atom. The molecule has 24 heavy (non-hydrogen) atoms. The molecule has 2 heterocycles. The maximum atomic E-state index is 12.4. The molecule has 2 aliphatic heterocycles. The predicted octanol–water partition coefficient (Wildman–Crippen LogP) is 1.53. The quantitative estimate of drug-likeness (QED) is 0.842. The fraction of sp³-hybridized carbons (Fsp3) is 0.875. The van der Waals surface area contributed by atoms with E-state index < -0.39 is 12.1 Å². The van der Waals surface area contributed by atoms with Gasteiger partial charge in [0.1, 0.15) is 0 Å². The summed E-state index contributed by atoms with van der Waals surface area (Å²) in [5, 5.41) is 3.05. The minimum atomic E-state index is -4.83. The summed E-state index contributed by atoms with van der Waals surface area (Å²) >= 11 is 0. The summed E-state index contributed by atoms with van der Waals surface area (Å²) in [6, 6.07) is 0.916. The fourth-order valence-corrected chi connectivity index (χ4v) is 3.69. The van der Waals surface area contributed by atoms with E-state index in [9.17, 15) is 22.8 Å². The molecule has 0 atom stereocenters. The highest BCUT2D eigenvalue weighted by Gasteiger charge is 2.43. The van der Waals surface area contributed by atoms with Crippen molar-refractivity contribution < 1.29 is 22.8 Å². The van der Waals surface area contributed by atoms with Crippen LogP contribution in [0.15, 0.2) is 0 Å². The maximum Gasteiger partial charge on any atom is 0.471 e. The van der Waals surface area contributed by atoms with Crippen LogP contribution in [0.4, 0.5) is 13.2 Å². The normalized spacial score (nSPS) is 24.9. The molecule has 0 unspecified atom stereocenters. The molecule has 0 spiro atoms. The standard InChI is InChI=1S/C16H24F3N3O2/c17-16(18,19)15(24)22-7-3-11(4-8-22)14(23)20-12-5-9-21(10-6-12)13-1-2-13/h11-13H,1-10H2,(H,20,23). The summed E-state index contributed by atoms with van der Waals surface area (Å²) in [6.45, 7) is 2.01. The lowest BCUT2D eigenvalue weighted by Crippen LogP contribution is -2.50. The van der Waals surface area contributed by atoms with Gasteiger partial charge in [-0.2, -0.15) is 13.2 Å². The van der Waals surface area contributed by atoms with Crippen molar-refractivity contribution in [1.82, 2.24) is 15.1 Å². The number of nitrogens with zero attached hydrogens (tertiary/aromatic N) is 2. The van der Waals surface area contributed by atoms with Crippen molar-refractivity contribution in [1.29, 1.82) is 0 Å². The number of carbonyl (C=O) groups is 2. The Morgan fingerprint density at radius 1 is 0.875 bits per heavy atom. The van der Waals surface area contributed by atoms with Gasteiger partial charge in [0.2, 0.25) is 5.91 Å². The summed E-state index contributed by atoms with van der Waals surface area (Å²) < 4.78 is 37.3. The number of hydrogen-bond acceptors (Lipinski definition) is 3. The van der Waals surface area contributed by atoms with Crippen LogP contribution in [0.25, 0.3) is 0 Å². The van der Waals surface area contributed by atoms with E-state index in [2.05, 4.69) is 10.2 Å². The summed E-state index contributed by atoms with van der Waals surface area (Å²) in [6.07, 6.45) is 0.216.